The summed E-state index contributed by atoms with van der Waals surface area (Å²) in [5.41, 5.74) is 2.59. The number of thioether (sulfide) groups is 1. The number of aromatic nitrogens is 2. The van der Waals surface area contributed by atoms with E-state index in [1.165, 1.54) is 23.1 Å². The maximum atomic E-state index is 13.5. The monoisotopic (exact) mass is 487 g/mol. The molecule has 0 atom stereocenters. The van der Waals surface area contributed by atoms with E-state index < -0.39 is 0 Å². The van der Waals surface area contributed by atoms with Gasteiger partial charge < -0.3 is 9.73 Å². The number of rotatable bonds is 8. The minimum atomic E-state index is -0.155. The maximum absolute atomic E-state index is 13.5. The lowest BCUT2D eigenvalue weighted by atomic mass is 10.2. The Hall–Kier alpha value is -3.62. The molecule has 5 aromatic rings. The molecular formula is C26H21N3O3S2. The molecule has 5 rings (SSSR count). The van der Waals surface area contributed by atoms with E-state index in [4.69, 9.17) is 9.40 Å². The van der Waals surface area contributed by atoms with Crippen LogP contribution >= 0.6 is 23.1 Å². The zero-order chi connectivity index (χ0) is 23.3. The highest BCUT2D eigenvalue weighted by molar-refractivity contribution is 7.99. The van der Waals surface area contributed by atoms with E-state index in [9.17, 15) is 9.59 Å². The van der Waals surface area contributed by atoms with Crippen molar-refractivity contribution >= 4 is 39.2 Å². The number of furan rings is 1. The molecule has 0 aliphatic carbocycles. The molecule has 0 saturated heterocycles. The Morgan fingerprint density at radius 3 is 2.53 bits per heavy atom. The molecule has 1 amide bonds. The number of amides is 1. The van der Waals surface area contributed by atoms with Crippen LogP contribution in [0.3, 0.4) is 0 Å². The summed E-state index contributed by atoms with van der Waals surface area (Å²) in [6, 6.07) is 25.3. The quantitative estimate of drug-likeness (QED) is 0.241. The normalized spacial score (nSPS) is 11.1. The summed E-state index contributed by atoms with van der Waals surface area (Å²) in [4.78, 5) is 31.8. The van der Waals surface area contributed by atoms with Crippen molar-refractivity contribution in [1.29, 1.82) is 0 Å². The molecule has 0 bridgehead atoms. The van der Waals surface area contributed by atoms with Gasteiger partial charge in [-0.3, -0.25) is 14.2 Å². The zero-order valence-corrected chi connectivity index (χ0v) is 19.8. The second-order valence-electron chi connectivity index (χ2n) is 7.61. The Labute approximate surface area is 204 Å². The van der Waals surface area contributed by atoms with Crippen LogP contribution in [0.5, 0.6) is 0 Å². The van der Waals surface area contributed by atoms with Gasteiger partial charge >= 0.3 is 0 Å². The third-order valence-corrected chi connectivity index (χ3v) is 7.35. The second kappa shape index (κ2) is 10.1. The van der Waals surface area contributed by atoms with Crippen molar-refractivity contribution < 1.29 is 9.21 Å². The predicted octanol–water partition coefficient (Wildman–Crippen LogP) is 5.17. The lowest BCUT2D eigenvalue weighted by molar-refractivity contribution is -0.118. The van der Waals surface area contributed by atoms with Gasteiger partial charge in [0.25, 0.3) is 5.56 Å². The largest absolute Gasteiger partial charge is 0.467 e. The third-order valence-electron chi connectivity index (χ3n) is 5.21. The molecule has 0 aliphatic rings. The van der Waals surface area contributed by atoms with Crippen molar-refractivity contribution in [1.82, 2.24) is 14.9 Å². The number of carbonyl (C=O) groups is 1. The molecule has 0 radical (unpaired) electrons. The molecule has 0 fully saturated rings. The first-order valence-electron chi connectivity index (χ1n) is 10.7. The number of fused-ring (bicyclic) bond motifs is 1. The molecule has 1 N–H and O–H groups in total. The molecule has 0 unspecified atom stereocenters. The molecule has 170 valence electrons. The molecule has 34 heavy (non-hydrogen) atoms. The molecule has 0 saturated carbocycles. The number of nitrogens with zero attached hydrogens (tertiary/aromatic N) is 2. The van der Waals surface area contributed by atoms with Crippen molar-refractivity contribution in [3.05, 3.63) is 107 Å². The summed E-state index contributed by atoms with van der Waals surface area (Å²) >= 11 is 2.71. The van der Waals surface area contributed by atoms with Gasteiger partial charge in [0.15, 0.2) is 5.16 Å². The molecular weight excluding hydrogens is 466 g/mol. The van der Waals surface area contributed by atoms with Crippen LogP contribution in [0.4, 0.5) is 0 Å². The SMILES string of the molecule is O=C(CSc1nc2cc(-c3ccccc3)sc2c(=O)n1Cc1ccccc1)NCc1ccco1. The predicted molar refractivity (Wildman–Crippen MR) is 136 cm³/mol. The van der Waals surface area contributed by atoms with Crippen LogP contribution < -0.4 is 10.9 Å². The smallest absolute Gasteiger partial charge is 0.272 e. The highest BCUT2D eigenvalue weighted by Crippen LogP contribution is 2.32. The van der Waals surface area contributed by atoms with Crippen LogP contribution in [0.15, 0.2) is 99.5 Å². The third kappa shape index (κ3) is 4.98. The van der Waals surface area contributed by atoms with Gasteiger partial charge in [0.1, 0.15) is 10.5 Å². The van der Waals surface area contributed by atoms with E-state index in [1.54, 1.807) is 23.0 Å². The molecule has 8 heteroatoms. The van der Waals surface area contributed by atoms with Gasteiger partial charge in [-0.25, -0.2) is 4.98 Å². The van der Waals surface area contributed by atoms with Crippen molar-refractivity contribution in [2.75, 3.05) is 5.75 Å². The van der Waals surface area contributed by atoms with Crippen LogP contribution in [0, 0.1) is 0 Å². The number of nitrogens with one attached hydrogen (secondary N) is 1. The lowest BCUT2D eigenvalue weighted by Crippen LogP contribution is -2.26. The van der Waals surface area contributed by atoms with E-state index in [1.807, 2.05) is 66.7 Å². The minimum absolute atomic E-state index is 0.0977. The Kier molecular flexibility index (Phi) is 6.60. The van der Waals surface area contributed by atoms with E-state index >= 15 is 0 Å². The van der Waals surface area contributed by atoms with Gasteiger partial charge in [0.05, 0.1) is 30.6 Å². The van der Waals surface area contributed by atoms with Crippen LogP contribution in [0.25, 0.3) is 20.7 Å². The first-order chi connectivity index (χ1) is 16.7. The Balaban J connectivity index is 1.45. The maximum Gasteiger partial charge on any atom is 0.272 e. The summed E-state index contributed by atoms with van der Waals surface area (Å²) < 4.78 is 7.53. The number of benzene rings is 2. The highest BCUT2D eigenvalue weighted by atomic mass is 32.2. The summed E-state index contributed by atoms with van der Waals surface area (Å²) in [5, 5.41) is 3.36. The fourth-order valence-electron chi connectivity index (χ4n) is 3.53. The lowest BCUT2D eigenvalue weighted by Gasteiger charge is -2.12. The fraction of sp³-hybridized carbons (Fsp3) is 0.115. The number of thiophene rings is 1. The van der Waals surface area contributed by atoms with Gasteiger partial charge in [-0.1, -0.05) is 72.4 Å². The van der Waals surface area contributed by atoms with Crippen molar-refractivity contribution in [2.24, 2.45) is 0 Å². The van der Waals surface area contributed by atoms with Crippen LogP contribution in [0.1, 0.15) is 11.3 Å². The van der Waals surface area contributed by atoms with E-state index in [0.717, 1.165) is 16.0 Å². The van der Waals surface area contributed by atoms with Gasteiger partial charge in [-0.05, 0) is 29.3 Å². The number of hydrogen-bond donors (Lipinski definition) is 1. The summed E-state index contributed by atoms with van der Waals surface area (Å²) in [7, 11) is 0. The van der Waals surface area contributed by atoms with E-state index in [2.05, 4.69) is 5.32 Å². The van der Waals surface area contributed by atoms with Crippen LogP contribution in [0.2, 0.25) is 0 Å². The zero-order valence-electron chi connectivity index (χ0n) is 18.1. The molecule has 3 heterocycles. The topological polar surface area (TPSA) is 77.1 Å². The van der Waals surface area contributed by atoms with Crippen LogP contribution in [-0.4, -0.2) is 21.2 Å². The Morgan fingerprint density at radius 2 is 1.79 bits per heavy atom. The van der Waals surface area contributed by atoms with Gasteiger partial charge in [-0.2, -0.15) is 0 Å². The molecule has 0 aliphatic heterocycles. The second-order valence-corrected chi connectivity index (χ2v) is 9.60. The number of hydrogen-bond acceptors (Lipinski definition) is 6. The highest BCUT2D eigenvalue weighted by Gasteiger charge is 2.17. The van der Waals surface area contributed by atoms with Gasteiger partial charge in [0.2, 0.25) is 5.91 Å². The molecule has 3 aromatic heterocycles. The number of carbonyl (C=O) groups excluding carboxylic acids is 1. The first kappa shape index (κ1) is 22.2. The Bertz CT molecular complexity index is 1460. The Morgan fingerprint density at radius 1 is 1.03 bits per heavy atom. The molecule has 0 spiro atoms. The molecule has 2 aromatic carbocycles. The average Bonchev–Trinajstić information content (AvgIpc) is 3.55. The van der Waals surface area contributed by atoms with Crippen LogP contribution in [-0.2, 0) is 17.9 Å². The summed E-state index contributed by atoms with van der Waals surface area (Å²) in [6.07, 6.45) is 1.57. The van der Waals surface area contributed by atoms with Gasteiger partial charge in [-0.15, -0.1) is 11.3 Å². The van der Waals surface area contributed by atoms with E-state index in [0.29, 0.717) is 34.2 Å². The standard InChI is InChI=1S/C26H21N3O3S2/c30-23(27-15-20-12-7-13-32-20)17-33-26-28-21-14-22(19-10-5-2-6-11-19)34-24(21)25(31)29(26)16-18-8-3-1-4-9-18/h1-14H,15-17H2,(H,27,30). The molecule has 6 nitrogen and oxygen atoms in total. The van der Waals surface area contributed by atoms with Crippen molar-refractivity contribution in [2.45, 2.75) is 18.2 Å². The minimum Gasteiger partial charge on any atom is -0.467 e. The fourth-order valence-corrected chi connectivity index (χ4v) is 5.41. The van der Waals surface area contributed by atoms with Gasteiger partial charge in [0, 0.05) is 4.88 Å². The van der Waals surface area contributed by atoms with Crippen molar-refractivity contribution in [3.8, 4) is 10.4 Å². The average molecular weight is 488 g/mol. The summed E-state index contributed by atoms with van der Waals surface area (Å²) in [5.74, 6) is 0.672. The van der Waals surface area contributed by atoms with Crippen molar-refractivity contribution in [3.63, 3.8) is 0 Å². The van der Waals surface area contributed by atoms with E-state index in [-0.39, 0.29) is 17.2 Å². The first-order valence-corrected chi connectivity index (χ1v) is 12.5. The summed E-state index contributed by atoms with van der Waals surface area (Å²) in [6.45, 7) is 0.707.